The zero-order valence-electron chi connectivity index (χ0n) is 12.5. The molecule has 2 N–H and O–H groups in total. The maximum atomic E-state index is 6.30. The van der Waals surface area contributed by atoms with Gasteiger partial charge in [0.25, 0.3) is 0 Å². The van der Waals surface area contributed by atoms with E-state index in [9.17, 15) is 0 Å². The average molecular weight is 259 g/mol. The molecule has 0 radical (unpaired) electrons. The zero-order chi connectivity index (χ0) is 14.0. The normalized spacial score (nSPS) is 13.4. The molecule has 1 heterocycles. The lowest BCUT2D eigenvalue weighted by Gasteiger charge is -2.17. The summed E-state index contributed by atoms with van der Waals surface area (Å²) >= 11 is 0. The molecule has 2 rings (SSSR count). The largest absolute Gasteiger partial charge is 0.324 e. The number of imidazole rings is 1. The predicted octanol–water partition coefficient (Wildman–Crippen LogP) is 3.98. The van der Waals surface area contributed by atoms with Crippen LogP contribution in [0.4, 0.5) is 0 Å². The monoisotopic (exact) mass is 259 g/mol. The second-order valence-corrected chi connectivity index (χ2v) is 5.51. The number of aromatic nitrogens is 2. The van der Waals surface area contributed by atoms with Crippen molar-refractivity contribution >= 4 is 11.0 Å². The Kier molecular flexibility index (Phi) is 4.25. The highest BCUT2D eigenvalue weighted by molar-refractivity contribution is 5.77. The first-order valence-corrected chi connectivity index (χ1v) is 7.34. The van der Waals surface area contributed by atoms with E-state index >= 15 is 0 Å². The molecule has 1 aromatic carbocycles. The van der Waals surface area contributed by atoms with E-state index in [1.54, 1.807) is 0 Å². The van der Waals surface area contributed by atoms with E-state index < -0.39 is 0 Å². The Hall–Kier alpha value is -1.35. The molecule has 19 heavy (non-hydrogen) atoms. The summed E-state index contributed by atoms with van der Waals surface area (Å²) in [6.07, 6.45) is 3.11. The van der Waals surface area contributed by atoms with E-state index in [0.717, 1.165) is 30.6 Å². The first-order valence-electron chi connectivity index (χ1n) is 7.34. The third kappa shape index (κ3) is 2.66. The Bertz CT molecular complexity index is 554. The smallest absolute Gasteiger partial charge is 0.127 e. The standard InChI is InChI=1S/C16H25N3/c1-5-7-13(17)16-18-14-10-12(6-2)8-9-15(14)19(16)11(3)4/h8-11,13H,5-7,17H2,1-4H3. The van der Waals surface area contributed by atoms with Crippen molar-refractivity contribution in [1.29, 1.82) is 0 Å². The maximum absolute atomic E-state index is 6.30. The fourth-order valence-corrected chi connectivity index (χ4v) is 2.63. The fraction of sp³-hybridized carbons (Fsp3) is 0.562. The summed E-state index contributed by atoms with van der Waals surface area (Å²) in [4.78, 5) is 4.80. The van der Waals surface area contributed by atoms with Crippen LogP contribution in [0.3, 0.4) is 0 Å². The van der Waals surface area contributed by atoms with E-state index in [1.165, 1.54) is 11.1 Å². The van der Waals surface area contributed by atoms with Gasteiger partial charge in [-0.25, -0.2) is 4.98 Å². The average Bonchev–Trinajstić information content (AvgIpc) is 2.77. The van der Waals surface area contributed by atoms with Crippen LogP contribution in [0, 0.1) is 0 Å². The lowest BCUT2D eigenvalue weighted by molar-refractivity contribution is 0.520. The minimum atomic E-state index is 0.0323. The first-order chi connectivity index (χ1) is 9.08. The fourth-order valence-electron chi connectivity index (χ4n) is 2.63. The highest BCUT2D eigenvalue weighted by Crippen LogP contribution is 2.26. The molecular weight excluding hydrogens is 234 g/mol. The van der Waals surface area contributed by atoms with Crippen LogP contribution in [-0.2, 0) is 6.42 Å². The van der Waals surface area contributed by atoms with Crippen molar-refractivity contribution in [3.8, 4) is 0 Å². The summed E-state index contributed by atoms with van der Waals surface area (Å²) in [7, 11) is 0. The quantitative estimate of drug-likeness (QED) is 0.882. The maximum Gasteiger partial charge on any atom is 0.127 e. The van der Waals surface area contributed by atoms with Crippen LogP contribution in [0.2, 0.25) is 0 Å². The van der Waals surface area contributed by atoms with Crippen molar-refractivity contribution in [3.05, 3.63) is 29.6 Å². The summed E-state index contributed by atoms with van der Waals surface area (Å²) in [5.41, 5.74) is 9.91. The number of fused-ring (bicyclic) bond motifs is 1. The van der Waals surface area contributed by atoms with Crippen LogP contribution in [0.15, 0.2) is 18.2 Å². The third-order valence-electron chi connectivity index (χ3n) is 3.64. The van der Waals surface area contributed by atoms with Crippen molar-refractivity contribution in [2.45, 2.75) is 59.0 Å². The molecular formula is C16H25N3. The van der Waals surface area contributed by atoms with Crippen molar-refractivity contribution < 1.29 is 0 Å². The van der Waals surface area contributed by atoms with Crippen LogP contribution >= 0.6 is 0 Å². The molecule has 0 spiro atoms. The highest BCUT2D eigenvalue weighted by atomic mass is 15.1. The second kappa shape index (κ2) is 5.74. The van der Waals surface area contributed by atoms with E-state index in [-0.39, 0.29) is 6.04 Å². The SMILES string of the molecule is CCCC(N)c1nc2cc(CC)ccc2n1C(C)C. The highest BCUT2D eigenvalue weighted by Gasteiger charge is 2.18. The van der Waals surface area contributed by atoms with Gasteiger partial charge in [-0.15, -0.1) is 0 Å². The lowest BCUT2D eigenvalue weighted by Crippen LogP contribution is -2.17. The third-order valence-corrected chi connectivity index (χ3v) is 3.64. The number of rotatable bonds is 5. The summed E-state index contributed by atoms with van der Waals surface area (Å²) in [6.45, 7) is 8.72. The molecule has 0 aliphatic carbocycles. The molecule has 0 fully saturated rings. The molecule has 3 nitrogen and oxygen atoms in total. The molecule has 1 atom stereocenters. The van der Waals surface area contributed by atoms with Gasteiger partial charge < -0.3 is 10.3 Å². The zero-order valence-corrected chi connectivity index (χ0v) is 12.5. The van der Waals surface area contributed by atoms with Crippen LogP contribution in [-0.4, -0.2) is 9.55 Å². The van der Waals surface area contributed by atoms with Crippen molar-refractivity contribution in [2.75, 3.05) is 0 Å². The van der Waals surface area contributed by atoms with E-state index in [1.807, 2.05) is 0 Å². The summed E-state index contributed by atoms with van der Waals surface area (Å²) in [6, 6.07) is 6.98. The molecule has 0 bridgehead atoms. The Morgan fingerprint density at radius 1 is 1.26 bits per heavy atom. The van der Waals surface area contributed by atoms with Crippen LogP contribution in [0.1, 0.15) is 64.0 Å². The van der Waals surface area contributed by atoms with Crippen LogP contribution in [0.25, 0.3) is 11.0 Å². The number of benzene rings is 1. The Morgan fingerprint density at radius 3 is 2.58 bits per heavy atom. The topological polar surface area (TPSA) is 43.8 Å². The molecule has 1 aromatic heterocycles. The predicted molar refractivity (Wildman–Crippen MR) is 81.3 cm³/mol. The van der Waals surface area contributed by atoms with Gasteiger partial charge in [0, 0.05) is 6.04 Å². The van der Waals surface area contributed by atoms with Gasteiger partial charge in [0.15, 0.2) is 0 Å². The number of nitrogens with two attached hydrogens (primary N) is 1. The Morgan fingerprint density at radius 2 is 2.00 bits per heavy atom. The minimum Gasteiger partial charge on any atom is -0.324 e. The Labute approximate surface area is 115 Å². The van der Waals surface area contributed by atoms with Gasteiger partial charge in [-0.2, -0.15) is 0 Å². The summed E-state index contributed by atoms with van der Waals surface area (Å²) in [5, 5.41) is 0. The summed E-state index contributed by atoms with van der Waals surface area (Å²) in [5.74, 6) is 1.03. The molecule has 0 aliphatic rings. The van der Waals surface area contributed by atoms with Gasteiger partial charge in [-0.1, -0.05) is 26.3 Å². The van der Waals surface area contributed by atoms with Crippen LogP contribution in [0.5, 0.6) is 0 Å². The lowest BCUT2D eigenvalue weighted by atomic mass is 10.1. The number of hydrogen-bond donors (Lipinski definition) is 1. The molecule has 0 amide bonds. The molecule has 3 heteroatoms. The first kappa shape index (κ1) is 14.1. The van der Waals surface area contributed by atoms with Gasteiger partial charge in [-0.05, 0) is 44.4 Å². The molecule has 1 unspecified atom stereocenters. The molecule has 0 saturated heterocycles. The Balaban J connectivity index is 2.58. The van der Waals surface area contributed by atoms with Crippen LogP contribution < -0.4 is 5.73 Å². The second-order valence-electron chi connectivity index (χ2n) is 5.51. The van der Waals surface area contributed by atoms with Crippen molar-refractivity contribution in [2.24, 2.45) is 5.73 Å². The molecule has 0 saturated carbocycles. The summed E-state index contributed by atoms with van der Waals surface area (Å²) < 4.78 is 2.29. The minimum absolute atomic E-state index is 0.0323. The molecule has 0 aliphatic heterocycles. The molecule has 2 aromatic rings. The van der Waals surface area contributed by atoms with E-state index in [0.29, 0.717) is 6.04 Å². The molecule has 104 valence electrons. The van der Waals surface area contributed by atoms with Crippen molar-refractivity contribution in [1.82, 2.24) is 9.55 Å². The van der Waals surface area contributed by atoms with Gasteiger partial charge in [0.1, 0.15) is 5.82 Å². The van der Waals surface area contributed by atoms with Crippen molar-refractivity contribution in [3.63, 3.8) is 0 Å². The number of nitrogens with zero attached hydrogens (tertiary/aromatic N) is 2. The van der Waals surface area contributed by atoms with Gasteiger partial charge >= 0.3 is 0 Å². The van der Waals surface area contributed by atoms with Gasteiger partial charge in [-0.3, -0.25) is 0 Å². The number of hydrogen-bond acceptors (Lipinski definition) is 2. The van der Waals surface area contributed by atoms with Gasteiger partial charge in [0.2, 0.25) is 0 Å². The van der Waals surface area contributed by atoms with E-state index in [4.69, 9.17) is 10.7 Å². The van der Waals surface area contributed by atoms with Gasteiger partial charge in [0.05, 0.1) is 17.1 Å². The number of aryl methyl sites for hydroxylation is 1. The van der Waals surface area contributed by atoms with E-state index in [2.05, 4.69) is 50.5 Å².